The number of benzene rings is 2. The van der Waals surface area contributed by atoms with Gasteiger partial charge in [0.15, 0.2) is 0 Å². The standard InChI is InChI=1S/C18H11F3N4OS/c19-18(20,21)15-3-1-2-4-16(15)25-17(26)12(9-22)10-24-13-5-7-14(8-6-13)27-11-23/h1-8,10,24H,(H,25,26)/b12-10-. The van der Waals surface area contributed by atoms with E-state index < -0.39 is 28.9 Å². The van der Waals surface area contributed by atoms with Crippen molar-refractivity contribution in [2.24, 2.45) is 0 Å². The summed E-state index contributed by atoms with van der Waals surface area (Å²) in [4.78, 5) is 12.9. The maximum absolute atomic E-state index is 13.0. The molecule has 0 fully saturated rings. The van der Waals surface area contributed by atoms with E-state index in [4.69, 9.17) is 10.5 Å². The number of alkyl halides is 3. The van der Waals surface area contributed by atoms with E-state index in [1.165, 1.54) is 12.1 Å². The highest BCUT2D eigenvalue weighted by molar-refractivity contribution is 8.03. The zero-order chi connectivity index (χ0) is 19.9. The molecule has 2 rings (SSSR count). The summed E-state index contributed by atoms with van der Waals surface area (Å²) >= 11 is 0.976. The third-order valence-electron chi connectivity index (χ3n) is 3.25. The smallest absolute Gasteiger partial charge is 0.360 e. The molecule has 0 aliphatic rings. The molecule has 0 atom stereocenters. The first-order chi connectivity index (χ1) is 12.8. The molecule has 0 aliphatic heterocycles. The van der Waals surface area contributed by atoms with Crippen molar-refractivity contribution in [3.63, 3.8) is 0 Å². The van der Waals surface area contributed by atoms with Crippen LogP contribution in [0.4, 0.5) is 24.5 Å². The minimum Gasteiger partial charge on any atom is -0.360 e. The molecule has 0 radical (unpaired) electrons. The largest absolute Gasteiger partial charge is 0.418 e. The van der Waals surface area contributed by atoms with Crippen molar-refractivity contribution >= 4 is 29.0 Å². The zero-order valence-corrected chi connectivity index (χ0v) is 14.4. The predicted molar refractivity (Wildman–Crippen MR) is 95.3 cm³/mol. The van der Waals surface area contributed by atoms with E-state index in [1.54, 1.807) is 30.3 Å². The fraction of sp³-hybridized carbons (Fsp3) is 0.0556. The molecular formula is C18H11F3N4OS. The molecule has 9 heteroatoms. The second-order valence-corrected chi connectivity index (χ2v) is 5.89. The van der Waals surface area contributed by atoms with E-state index in [-0.39, 0.29) is 0 Å². The highest BCUT2D eigenvalue weighted by Gasteiger charge is 2.33. The highest BCUT2D eigenvalue weighted by Crippen LogP contribution is 2.34. The van der Waals surface area contributed by atoms with E-state index in [2.05, 4.69) is 10.6 Å². The third kappa shape index (κ3) is 5.53. The number of carbonyl (C=O) groups excluding carboxylic acids is 1. The van der Waals surface area contributed by atoms with E-state index in [0.717, 1.165) is 30.1 Å². The summed E-state index contributed by atoms with van der Waals surface area (Å²) in [5, 5.41) is 24.4. The van der Waals surface area contributed by atoms with Crippen LogP contribution in [0, 0.1) is 22.0 Å². The number of thiocyanates is 1. The molecule has 0 saturated carbocycles. The van der Waals surface area contributed by atoms with Crippen LogP contribution in [0.15, 0.2) is 65.2 Å². The van der Waals surface area contributed by atoms with Crippen LogP contribution in [0.25, 0.3) is 0 Å². The molecule has 5 nitrogen and oxygen atoms in total. The van der Waals surface area contributed by atoms with Gasteiger partial charge in [-0.2, -0.15) is 23.7 Å². The van der Waals surface area contributed by atoms with E-state index in [0.29, 0.717) is 10.6 Å². The van der Waals surface area contributed by atoms with Gasteiger partial charge in [-0.05, 0) is 48.2 Å². The lowest BCUT2D eigenvalue weighted by Gasteiger charge is -2.13. The fourth-order valence-corrected chi connectivity index (χ4v) is 2.38. The summed E-state index contributed by atoms with van der Waals surface area (Å²) < 4.78 is 38.9. The third-order valence-corrected chi connectivity index (χ3v) is 3.85. The number of halogens is 3. The van der Waals surface area contributed by atoms with Crippen molar-refractivity contribution in [2.75, 3.05) is 10.6 Å². The van der Waals surface area contributed by atoms with Gasteiger partial charge < -0.3 is 10.6 Å². The van der Waals surface area contributed by atoms with Gasteiger partial charge in [0.2, 0.25) is 0 Å². The quantitative estimate of drug-likeness (QED) is 0.334. The minimum atomic E-state index is -4.64. The second-order valence-electron chi connectivity index (χ2n) is 5.03. The Kier molecular flexibility index (Phi) is 6.47. The van der Waals surface area contributed by atoms with Crippen molar-refractivity contribution in [1.29, 1.82) is 10.5 Å². The number of hydrogen-bond acceptors (Lipinski definition) is 5. The van der Waals surface area contributed by atoms with Gasteiger partial charge in [-0.15, -0.1) is 0 Å². The molecule has 0 heterocycles. The first-order valence-electron chi connectivity index (χ1n) is 7.35. The van der Waals surface area contributed by atoms with Crippen LogP contribution in [0.5, 0.6) is 0 Å². The summed E-state index contributed by atoms with van der Waals surface area (Å²) in [6.07, 6.45) is -3.54. The number of nitrogens with one attached hydrogen (secondary N) is 2. The molecule has 2 aromatic rings. The van der Waals surface area contributed by atoms with Gasteiger partial charge >= 0.3 is 6.18 Å². The average Bonchev–Trinajstić information content (AvgIpc) is 2.63. The Morgan fingerprint density at radius 3 is 2.33 bits per heavy atom. The number of thioether (sulfide) groups is 1. The van der Waals surface area contributed by atoms with E-state index in [9.17, 15) is 18.0 Å². The highest BCUT2D eigenvalue weighted by atomic mass is 32.2. The summed E-state index contributed by atoms with van der Waals surface area (Å²) in [5.74, 6) is -0.974. The number of para-hydroxylation sites is 1. The Hall–Kier alpha value is -3.43. The first-order valence-corrected chi connectivity index (χ1v) is 8.17. The number of nitriles is 2. The van der Waals surface area contributed by atoms with Gasteiger partial charge in [0.1, 0.15) is 17.0 Å². The zero-order valence-electron chi connectivity index (χ0n) is 13.5. The molecular weight excluding hydrogens is 377 g/mol. The van der Waals surface area contributed by atoms with Crippen LogP contribution in [0.3, 0.4) is 0 Å². The molecule has 0 saturated heterocycles. The van der Waals surface area contributed by atoms with Crippen LogP contribution >= 0.6 is 11.8 Å². The molecule has 0 unspecified atom stereocenters. The number of nitrogens with zero attached hydrogens (tertiary/aromatic N) is 2. The van der Waals surface area contributed by atoms with E-state index >= 15 is 0 Å². The number of anilines is 2. The maximum atomic E-state index is 13.0. The van der Waals surface area contributed by atoms with Gasteiger partial charge in [-0.3, -0.25) is 4.79 Å². The molecule has 2 N–H and O–H groups in total. The minimum absolute atomic E-state index is 0.401. The van der Waals surface area contributed by atoms with Crippen molar-refractivity contribution < 1.29 is 18.0 Å². The summed E-state index contributed by atoms with van der Waals surface area (Å²) in [7, 11) is 0. The molecule has 0 aromatic heterocycles. The van der Waals surface area contributed by atoms with Gasteiger partial charge in [-0.25, -0.2) is 0 Å². The average molecular weight is 388 g/mol. The lowest BCUT2D eigenvalue weighted by atomic mass is 10.1. The lowest BCUT2D eigenvalue weighted by molar-refractivity contribution is -0.137. The Morgan fingerprint density at radius 2 is 1.74 bits per heavy atom. The Morgan fingerprint density at radius 1 is 1.07 bits per heavy atom. The molecule has 0 spiro atoms. The van der Waals surface area contributed by atoms with Crippen molar-refractivity contribution in [3.05, 3.63) is 65.9 Å². The second kappa shape index (κ2) is 8.79. The van der Waals surface area contributed by atoms with Gasteiger partial charge in [-0.1, -0.05) is 12.1 Å². The Bertz CT molecular complexity index is 941. The molecule has 1 amide bonds. The van der Waals surface area contributed by atoms with Crippen LogP contribution in [-0.4, -0.2) is 5.91 Å². The fourth-order valence-electron chi connectivity index (χ4n) is 2.00. The number of rotatable bonds is 5. The summed E-state index contributed by atoms with van der Waals surface area (Å²) in [5.41, 5.74) is -1.31. The monoisotopic (exact) mass is 388 g/mol. The molecule has 27 heavy (non-hydrogen) atoms. The van der Waals surface area contributed by atoms with E-state index in [1.807, 2.05) is 5.40 Å². The first kappa shape index (κ1) is 19.9. The summed E-state index contributed by atoms with van der Waals surface area (Å²) in [6, 6.07) is 12.7. The Balaban J connectivity index is 2.14. The van der Waals surface area contributed by atoms with Crippen LogP contribution in [0.2, 0.25) is 0 Å². The van der Waals surface area contributed by atoms with Crippen molar-refractivity contribution in [1.82, 2.24) is 0 Å². The van der Waals surface area contributed by atoms with Crippen molar-refractivity contribution in [2.45, 2.75) is 11.1 Å². The van der Waals surface area contributed by atoms with Crippen LogP contribution in [-0.2, 0) is 11.0 Å². The Labute approximate surface area is 157 Å². The topological polar surface area (TPSA) is 88.7 Å². The number of carbonyl (C=O) groups is 1. The van der Waals surface area contributed by atoms with Gasteiger partial charge in [0, 0.05) is 16.8 Å². The van der Waals surface area contributed by atoms with Crippen molar-refractivity contribution in [3.8, 4) is 11.5 Å². The SMILES string of the molecule is N#CSc1ccc(N/C=C(/C#N)C(=O)Nc2ccccc2C(F)(F)F)cc1. The normalized spacial score (nSPS) is 11.2. The number of hydrogen-bond donors (Lipinski definition) is 2. The van der Waals surface area contributed by atoms with Crippen LogP contribution < -0.4 is 10.6 Å². The molecule has 2 aromatic carbocycles. The van der Waals surface area contributed by atoms with Crippen LogP contribution in [0.1, 0.15) is 5.56 Å². The lowest BCUT2D eigenvalue weighted by Crippen LogP contribution is -2.18. The maximum Gasteiger partial charge on any atom is 0.418 e. The van der Waals surface area contributed by atoms with Gasteiger partial charge in [0.25, 0.3) is 5.91 Å². The molecule has 0 bridgehead atoms. The number of amides is 1. The summed E-state index contributed by atoms with van der Waals surface area (Å²) in [6.45, 7) is 0. The molecule has 0 aliphatic carbocycles. The predicted octanol–water partition coefficient (Wildman–Crippen LogP) is 4.74. The van der Waals surface area contributed by atoms with Gasteiger partial charge in [0.05, 0.1) is 11.3 Å². The molecule has 136 valence electrons.